The number of halogens is 1. The van der Waals surface area contributed by atoms with E-state index in [0.717, 1.165) is 5.69 Å². The van der Waals surface area contributed by atoms with Gasteiger partial charge in [0.15, 0.2) is 11.5 Å². The van der Waals surface area contributed by atoms with Gasteiger partial charge in [0.25, 0.3) is 5.91 Å². The Labute approximate surface area is 156 Å². The Kier molecular flexibility index (Phi) is 5.40. The lowest BCUT2D eigenvalue weighted by Crippen LogP contribution is -2.13. The minimum Gasteiger partial charge on any atom is -0.493 e. The molecule has 0 atom stereocenters. The van der Waals surface area contributed by atoms with E-state index in [9.17, 15) is 9.18 Å². The molecule has 7 heteroatoms. The molecule has 3 rings (SSSR count). The maximum Gasteiger partial charge on any atom is 0.255 e. The number of aryl methyl sites for hydroxylation is 1. The van der Waals surface area contributed by atoms with Crippen LogP contribution in [0.25, 0.3) is 11.3 Å². The van der Waals surface area contributed by atoms with Crippen molar-refractivity contribution < 1.29 is 18.7 Å². The molecule has 1 amide bonds. The number of ether oxygens (including phenoxy) is 2. The summed E-state index contributed by atoms with van der Waals surface area (Å²) in [6, 6.07) is 11.0. The molecule has 0 aliphatic heterocycles. The van der Waals surface area contributed by atoms with Crippen molar-refractivity contribution in [2.75, 3.05) is 19.5 Å². The second-order valence-corrected chi connectivity index (χ2v) is 5.81. The Morgan fingerprint density at radius 1 is 1.15 bits per heavy atom. The van der Waals surface area contributed by atoms with Gasteiger partial charge in [0.05, 0.1) is 25.6 Å². The monoisotopic (exact) mass is 369 g/mol. The average molecular weight is 369 g/mol. The molecule has 0 fully saturated rings. The molecule has 0 unspecified atom stereocenters. The van der Waals surface area contributed by atoms with Crippen molar-refractivity contribution >= 4 is 11.6 Å². The number of carbonyl (C=O) groups excluding carboxylic acids is 1. The van der Waals surface area contributed by atoms with Gasteiger partial charge >= 0.3 is 0 Å². The highest BCUT2D eigenvalue weighted by atomic mass is 19.1. The van der Waals surface area contributed by atoms with Crippen LogP contribution in [0.4, 0.5) is 10.1 Å². The third-order valence-corrected chi connectivity index (χ3v) is 4.18. The van der Waals surface area contributed by atoms with Crippen LogP contribution in [-0.4, -0.2) is 30.3 Å². The third kappa shape index (κ3) is 3.76. The number of benzene rings is 2. The molecule has 6 nitrogen and oxygen atoms in total. The summed E-state index contributed by atoms with van der Waals surface area (Å²) in [5, 5.41) is 10.0. The number of anilines is 1. The molecule has 2 N–H and O–H groups in total. The molecule has 140 valence electrons. The van der Waals surface area contributed by atoms with Crippen molar-refractivity contribution in [1.82, 2.24) is 10.2 Å². The highest BCUT2D eigenvalue weighted by Crippen LogP contribution is 2.31. The molecule has 3 aromatic rings. The van der Waals surface area contributed by atoms with Crippen molar-refractivity contribution in [2.24, 2.45) is 0 Å². The number of hydrogen-bond donors (Lipinski definition) is 2. The minimum absolute atomic E-state index is 0.329. The Morgan fingerprint density at radius 3 is 2.59 bits per heavy atom. The van der Waals surface area contributed by atoms with Crippen LogP contribution in [0.15, 0.2) is 42.5 Å². The van der Waals surface area contributed by atoms with Gasteiger partial charge < -0.3 is 14.8 Å². The number of H-pyrrole nitrogens is 1. The van der Waals surface area contributed by atoms with Gasteiger partial charge in [0.2, 0.25) is 0 Å². The van der Waals surface area contributed by atoms with Crippen LogP contribution >= 0.6 is 0 Å². The number of nitrogens with one attached hydrogen (secondary N) is 2. The van der Waals surface area contributed by atoms with Crippen LogP contribution in [0.2, 0.25) is 0 Å². The van der Waals surface area contributed by atoms with Crippen LogP contribution in [0, 0.1) is 5.82 Å². The Hall–Kier alpha value is -3.35. The van der Waals surface area contributed by atoms with Gasteiger partial charge in [-0.2, -0.15) is 5.10 Å². The first-order chi connectivity index (χ1) is 13.1. The number of carbonyl (C=O) groups is 1. The van der Waals surface area contributed by atoms with Crippen molar-refractivity contribution in [3.63, 3.8) is 0 Å². The van der Waals surface area contributed by atoms with Crippen molar-refractivity contribution in [2.45, 2.75) is 13.3 Å². The highest BCUT2D eigenvalue weighted by molar-refractivity contribution is 6.06. The third-order valence-electron chi connectivity index (χ3n) is 4.18. The zero-order valence-corrected chi connectivity index (χ0v) is 15.3. The van der Waals surface area contributed by atoms with Gasteiger partial charge in [-0.1, -0.05) is 19.1 Å². The maximum absolute atomic E-state index is 13.6. The molecular weight excluding hydrogens is 349 g/mol. The lowest BCUT2D eigenvalue weighted by molar-refractivity contribution is 0.102. The fourth-order valence-corrected chi connectivity index (χ4v) is 2.78. The van der Waals surface area contributed by atoms with Crippen molar-refractivity contribution in [3.8, 4) is 22.8 Å². The predicted octanol–water partition coefficient (Wildman–Crippen LogP) is 4.05. The first kappa shape index (κ1) is 18.4. The lowest BCUT2D eigenvalue weighted by Gasteiger charge is -2.11. The van der Waals surface area contributed by atoms with Gasteiger partial charge in [-0.15, -0.1) is 0 Å². The normalized spacial score (nSPS) is 10.5. The molecule has 0 bridgehead atoms. The largest absolute Gasteiger partial charge is 0.493 e. The molecule has 0 saturated heterocycles. The van der Waals surface area contributed by atoms with E-state index in [1.807, 2.05) is 6.92 Å². The maximum atomic E-state index is 13.6. The van der Waals surface area contributed by atoms with E-state index in [0.29, 0.717) is 40.4 Å². The number of methoxy groups -OCH3 is 2. The molecule has 0 saturated carbocycles. The quantitative estimate of drug-likeness (QED) is 0.687. The molecule has 1 heterocycles. The van der Waals surface area contributed by atoms with E-state index in [2.05, 4.69) is 15.5 Å². The SMILES string of the molecule is CCc1[nH]nc(-c2cccc(F)c2)c1NC(=O)c1ccc(OC)c(OC)c1. The summed E-state index contributed by atoms with van der Waals surface area (Å²) in [7, 11) is 3.04. The van der Waals surface area contributed by atoms with Crippen molar-refractivity contribution in [3.05, 3.63) is 59.5 Å². The summed E-state index contributed by atoms with van der Waals surface area (Å²) >= 11 is 0. The highest BCUT2D eigenvalue weighted by Gasteiger charge is 2.18. The summed E-state index contributed by atoms with van der Waals surface area (Å²) < 4.78 is 24.0. The van der Waals surface area contributed by atoms with E-state index in [1.54, 1.807) is 30.3 Å². The molecule has 0 aliphatic carbocycles. The van der Waals surface area contributed by atoms with Gasteiger partial charge in [0, 0.05) is 11.1 Å². The number of aromatic nitrogens is 2. The number of rotatable bonds is 6. The lowest BCUT2D eigenvalue weighted by atomic mass is 10.1. The van der Waals surface area contributed by atoms with Crippen LogP contribution in [0.3, 0.4) is 0 Å². The molecule has 1 aromatic heterocycles. The Balaban J connectivity index is 1.95. The zero-order chi connectivity index (χ0) is 19.4. The number of aromatic amines is 1. The Morgan fingerprint density at radius 2 is 1.93 bits per heavy atom. The molecule has 2 aromatic carbocycles. The molecule has 0 spiro atoms. The van der Waals surface area contributed by atoms with E-state index < -0.39 is 0 Å². The van der Waals surface area contributed by atoms with E-state index in [1.165, 1.54) is 26.4 Å². The number of amides is 1. The Bertz CT molecular complexity index is 969. The predicted molar refractivity (Wildman–Crippen MR) is 101 cm³/mol. The zero-order valence-electron chi connectivity index (χ0n) is 15.3. The number of hydrogen-bond acceptors (Lipinski definition) is 4. The van der Waals surface area contributed by atoms with Crippen LogP contribution in [-0.2, 0) is 6.42 Å². The van der Waals surface area contributed by atoms with Gasteiger partial charge in [-0.3, -0.25) is 9.89 Å². The van der Waals surface area contributed by atoms with Crippen LogP contribution in [0.1, 0.15) is 23.0 Å². The van der Waals surface area contributed by atoms with Gasteiger partial charge in [-0.25, -0.2) is 4.39 Å². The summed E-state index contributed by atoms with van der Waals surface area (Å²) in [5.41, 5.74) is 2.75. The summed E-state index contributed by atoms with van der Waals surface area (Å²) in [4.78, 5) is 12.8. The van der Waals surface area contributed by atoms with Gasteiger partial charge in [0.1, 0.15) is 11.5 Å². The number of nitrogens with zero attached hydrogens (tertiary/aromatic N) is 1. The second-order valence-electron chi connectivity index (χ2n) is 5.81. The fourth-order valence-electron chi connectivity index (χ4n) is 2.78. The summed E-state index contributed by atoms with van der Waals surface area (Å²) in [6.45, 7) is 1.94. The van der Waals surface area contributed by atoms with Gasteiger partial charge in [-0.05, 0) is 36.8 Å². The van der Waals surface area contributed by atoms with Crippen LogP contribution in [0.5, 0.6) is 11.5 Å². The smallest absolute Gasteiger partial charge is 0.255 e. The van der Waals surface area contributed by atoms with E-state index in [4.69, 9.17) is 9.47 Å². The summed E-state index contributed by atoms with van der Waals surface area (Å²) in [5.74, 6) is 0.292. The molecule has 27 heavy (non-hydrogen) atoms. The summed E-state index contributed by atoms with van der Waals surface area (Å²) in [6.07, 6.45) is 0.629. The second kappa shape index (κ2) is 7.90. The van der Waals surface area contributed by atoms with E-state index in [-0.39, 0.29) is 11.7 Å². The van der Waals surface area contributed by atoms with Crippen LogP contribution < -0.4 is 14.8 Å². The molecule has 0 aliphatic rings. The molecule has 0 radical (unpaired) electrons. The first-order valence-electron chi connectivity index (χ1n) is 8.44. The van der Waals surface area contributed by atoms with E-state index >= 15 is 0 Å². The molecular formula is C20H20FN3O3. The standard InChI is InChI=1S/C20H20FN3O3/c1-4-15-19(18(24-23-15)12-6-5-7-14(21)10-12)22-20(25)13-8-9-16(26-2)17(11-13)27-3/h5-11H,4H2,1-3H3,(H,22,25)(H,23,24). The minimum atomic E-state index is -0.370. The van der Waals surface area contributed by atoms with Crippen molar-refractivity contribution in [1.29, 1.82) is 0 Å². The topological polar surface area (TPSA) is 76.2 Å². The first-order valence-corrected chi connectivity index (χ1v) is 8.44. The fraction of sp³-hybridized carbons (Fsp3) is 0.200. The average Bonchev–Trinajstić information content (AvgIpc) is 3.09.